The molecule has 3 nitrogen and oxygen atoms in total. The highest BCUT2D eigenvalue weighted by Crippen LogP contribution is 2.35. The van der Waals surface area contributed by atoms with Gasteiger partial charge in [0.15, 0.2) is 0 Å². The highest BCUT2D eigenvalue weighted by atomic mass is 79.9. The van der Waals surface area contributed by atoms with Gasteiger partial charge in [0.1, 0.15) is 6.04 Å². The summed E-state index contributed by atoms with van der Waals surface area (Å²) >= 11 is 3.37. The Bertz CT molecular complexity index is 436. The van der Waals surface area contributed by atoms with Crippen LogP contribution in [0.2, 0.25) is 0 Å². The minimum absolute atomic E-state index is 0. The Balaban J connectivity index is 0.00000128. The summed E-state index contributed by atoms with van der Waals surface area (Å²) < 4.78 is 0.935. The fourth-order valence-corrected chi connectivity index (χ4v) is 2.14. The predicted octanol–water partition coefficient (Wildman–Crippen LogP) is 2.40. The van der Waals surface area contributed by atoms with Gasteiger partial charge in [-0.15, -0.1) is 19.0 Å². The van der Waals surface area contributed by atoms with Crippen LogP contribution in [-0.4, -0.2) is 12.5 Å². The number of carbonyl (C=O) groups is 1. The van der Waals surface area contributed by atoms with Gasteiger partial charge in [0.05, 0.1) is 0 Å². The van der Waals surface area contributed by atoms with Crippen molar-refractivity contribution in [1.82, 2.24) is 0 Å². The van der Waals surface area contributed by atoms with Gasteiger partial charge in [-0.3, -0.25) is 4.79 Å². The zero-order valence-electron chi connectivity index (χ0n) is 8.52. The number of nitrogens with zero attached hydrogens (tertiary/aromatic N) is 1. The smallest absolute Gasteiger partial charge is 0.248 e. The number of amides is 1. The van der Waals surface area contributed by atoms with Crippen molar-refractivity contribution in [2.75, 3.05) is 11.4 Å². The minimum Gasteiger partial charge on any atom is -0.316 e. The zero-order chi connectivity index (χ0) is 11.0. The molecular formula is C11H12BrClN2O. The normalized spacial score (nSPS) is 18.0. The summed E-state index contributed by atoms with van der Waals surface area (Å²) in [5, 5.41) is 0. The van der Waals surface area contributed by atoms with Crippen LogP contribution in [0.15, 0.2) is 35.3 Å². The number of hydrogen-bond donors (Lipinski definition) is 1. The molecule has 0 aromatic heterocycles. The lowest BCUT2D eigenvalue weighted by Gasteiger charge is -2.14. The topological polar surface area (TPSA) is 46.3 Å². The van der Waals surface area contributed by atoms with E-state index in [0.717, 1.165) is 15.7 Å². The van der Waals surface area contributed by atoms with E-state index in [2.05, 4.69) is 22.5 Å². The Morgan fingerprint density at radius 1 is 1.56 bits per heavy atom. The number of nitrogens with two attached hydrogens (primary N) is 1. The van der Waals surface area contributed by atoms with E-state index >= 15 is 0 Å². The first-order valence-corrected chi connectivity index (χ1v) is 5.41. The lowest BCUT2D eigenvalue weighted by atomic mass is 10.1. The number of hydrogen-bond acceptors (Lipinski definition) is 2. The van der Waals surface area contributed by atoms with Crippen molar-refractivity contribution in [1.29, 1.82) is 0 Å². The quantitative estimate of drug-likeness (QED) is 0.853. The van der Waals surface area contributed by atoms with E-state index in [4.69, 9.17) is 5.73 Å². The van der Waals surface area contributed by atoms with E-state index in [1.807, 2.05) is 18.2 Å². The molecule has 0 radical (unpaired) electrons. The van der Waals surface area contributed by atoms with Crippen LogP contribution in [-0.2, 0) is 4.79 Å². The molecule has 5 heteroatoms. The van der Waals surface area contributed by atoms with Crippen LogP contribution in [0.1, 0.15) is 11.6 Å². The molecule has 1 amide bonds. The average molecular weight is 304 g/mol. The van der Waals surface area contributed by atoms with Crippen LogP contribution in [0.4, 0.5) is 5.69 Å². The van der Waals surface area contributed by atoms with E-state index in [9.17, 15) is 4.79 Å². The molecule has 2 rings (SSSR count). The van der Waals surface area contributed by atoms with Gasteiger partial charge >= 0.3 is 0 Å². The van der Waals surface area contributed by atoms with E-state index in [0.29, 0.717) is 6.54 Å². The fourth-order valence-electron chi connectivity index (χ4n) is 1.76. The van der Waals surface area contributed by atoms with Crippen LogP contribution in [0.3, 0.4) is 0 Å². The summed E-state index contributed by atoms with van der Waals surface area (Å²) in [5.41, 5.74) is 7.59. The summed E-state index contributed by atoms with van der Waals surface area (Å²) in [5.74, 6) is -0.0667. The number of anilines is 1. The summed E-state index contributed by atoms with van der Waals surface area (Å²) in [6.45, 7) is 4.13. The Hall–Kier alpha value is -0.840. The first-order valence-electron chi connectivity index (χ1n) is 4.62. The summed E-state index contributed by atoms with van der Waals surface area (Å²) in [6.07, 6.45) is 1.70. The third kappa shape index (κ3) is 2.00. The lowest BCUT2D eigenvalue weighted by Crippen LogP contribution is -2.31. The highest BCUT2D eigenvalue weighted by molar-refractivity contribution is 9.10. The van der Waals surface area contributed by atoms with Gasteiger partial charge in [-0.1, -0.05) is 22.0 Å². The van der Waals surface area contributed by atoms with Gasteiger partial charge in [0.2, 0.25) is 5.91 Å². The Morgan fingerprint density at radius 2 is 2.25 bits per heavy atom. The molecule has 1 aliphatic heterocycles. The first kappa shape index (κ1) is 13.2. The summed E-state index contributed by atoms with van der Waals surface area (Å²) in [6, 6.07) is 5.15. The maximum Gasteiger partial charge on any atom is 0.248 e. The molecule has 0 aliphatic carbocycles. The van der Waals surface area contributed by atoms with E-state index in [1.165, 1.54) is 0 Å². The summed E-state index contributed by atoms with van der Waals surface area (Å²) in [4.78, 5) is 13.5. The maximum atomic E-state index is 11.8. The van der Waals surface area contributed by atoms with Crippen molar-refractivity contribution >= 4 is 39.9 Å². The zero-order valence-corrected chi connectivity index (χ0v) is 10.9. The maximum absolute atomic E-state index is 11.8. The molecule has 0 spiro atoms. The van der Waals surface area contributed by atoms with Crippen molar-refractivity contribution < 1.29 is 4.79 Å². The molecule has 0 fully saturated rings. The van der Waals surface area contributed by atoms with Crippen molar-refractivity contribution in [2.45, 2.75) is 6.04 Å². The monoisotopic (exact) mass is 302 g/mol. The van der Waals surface area contributed by atoms with Gasteiger partial charge in [0, 0.05) is 22.3 Å². The van der Waals surface area contributed by atoms with Gasteiger partial charge in [0.25, 0.3) is 0 Å². The molecule has 2 N–H and O–H groups in total. The van der Waals surface area contributed by atoms with Crippen molar-refractivity contribution in [2.24, 2.45) is 5.73 Å². The molecule has 0 bridgehead atoms. The third-order valence-electron chi connectivity index (χ3n) is 2.46. The second-order valence-electron chi connectivity index (χ2n) is 3.42. The van der Waals surface area contributed by atoms with Crippen LogP contribution in [0, 0.1) is 0 Å². The Morgan fingerprint density at radius 3 is 2.88 bits per heavy atom. The van der Waals surface area contributed by atoms with Gasteiger partial charge in [-0.2, -0.15) is 0 Å². The highest BCUT2D eigenvalue weighted by Gasteiger charge is 2.33. The fraction of sp³-hybridized carbons (Fsp3) is 0.182. The number of fused-ring (bicyclic) bond motifs is 1. The molecule has 0 saturated carbocycles. The van der Waals surface area contributed by atoms with Crippen molar-refractivity contribution in [3.8, 4) is 0 Å². The largest absolute Gasteiger partial charge is 0.316 e. The second kappa shape index (κ2) is 4.99. The molecule has 1 heterocycles. The van der Waals surface area contributed by atoms with E-state index in [1.54, 1.807) is 11.0 Å². The minimum atomic E-state index is -0.544. The standard InChI is InChI=1S/C11H11BrN2O.ClH/c1-2-5-14-9-4-3-7(12)6-8(9)10(13)11(14)15;/h2-4,6,10H,1,5,13H2;1H. The van der Waals surface area contributed by atoms with Crippen LogP contribution < -0.4 is 10.6 Å². The van der Waals surface area contributed by atoms with E-state index in [-0.39, 0.29) is 18.3 Å². The molecular weight excluding hydrogens is 291 g/mol. The molecule has 1 aromatic carbocycles. The van der Waals surface area contributed by atoms with Gasteiger partial charge in [-0.25, -0.2) is 0 Å². The third-order valence-corrected chi connectivity index (χ3v) is 2.95. The van der Waals surface area contributed by atoms with Crippen molar-refractivity contribution in [3.63, 3.8) is 0 Å². The van der Waals surface area contributed by atoms with Crippen molar-refractivity contribution in [3.05, 3.63) is 40.9 Å². The molecule has 86 valence electrons. The predicted molar refractivity (Wildman–Crippen MR) is 70.9 cm³/mol. The molecule has 1 aliphatic rings. The number of rotatable bonds is 2. The Kier molecular flexibility index (Phi) is 4.13. The molecule has 1 aromatic rings. The van der Waals surface area contributed by atoms with Gasteiger partial charge < -0.3 is 10.6 Å². The van der Waals surface area contributed by atoms with Gasteiger partial charge in [-0.05, 0) is 18.2 Å². The first-order chi connectivity index (χ1) is 7.15. The van der Waals surface area contributed by atoms with Crippen LogP contribution in [0.25, 0.3) is 0 Å². The average Bonchev–Trinajstić information content (AvgIpc) is 2.44. The number of carbonyl (C=O) groups excluding carboxylic acids is 1. The lowest BCUT2D eigenvalue weighted by molar-refractivity contribution is -0.119. The number of halogens is 2. The van der Waals surface area contributed by atoms with E-state index < -0.39 is 6.04 Å². The molecule has 16 heavy (non-hydrogen) atoms. The molecule has 0 saturated heterocycles. The van der Waals surface area contributed by atoms with Crippen LogP contribution >= 0.6 is 28.3 Å². The SMILES string of the molecule is C=CCN1C(=O)C(N)c2cc(Br)ccc21.Cl. The molecule has 1 atom stereocenters. The number of benzene rings is 1. The summed E-state index contributed by atoms with van der Waals surface area (Å²) in [7, 11) is 0. The second-order valence-corrected chi connectivity index (χ2v) is 4.33. The van der Waals surface area contributed by atoms with Crippen LogP contribution in [0.5, 0.6) is 0 Å². The Labute approximate surface area is 109 Å². The molecule has 1 unspecified atom stereocenters.